The van der Waals surface area contributed by atoms with Crippen LogP contribution in [0.15, 0.2) is 92.4 Å². The SMILES string of the molecule is O=[N+]([O-])c1ccc(S(=O)(=O)c2ccccc2S(=O)(=O)c2ccc([N+](=O)[O-])cc2)cc1. The van der Waals surface area contributed by atoms with Gasteiger partial charge in [-0.2, -0.15) is 0 Å². The van der Waals surface area contributed by atoms with Crippen molar-refractivity contribution in [3.05, 3.63) is 93.0 Å². The molecule has 154 valence electrons. The fourth-order valence-corrected chi connectivity index (χ4v) is 5.98. The first-order chi connectivity index (χ1) is 14.0. The molecule has 0 heterocycles. The molecule has 0 amide bonds. The molecule has 0 saturated carbocycles. The predicted molar refractivity (Wildman–Crippen MR) is 104 cm³/mol. The third-order valence-electron chi connectivity index (χ3n) is 4.14. The zero-order valence-corrected chi connectivity index (χ0v) is 16.5. The lowest BCUT2D eigenvalue weighted by atomic mass is 10.3. The second-order valence-electron chi connectivity index (χ2n) is 5.96. The van der Waals surface area contributed by atoms with E-state index in [2.05, 4.69) is 0 Å². The summed E-state index contributed by atoms with van der Waals surface area (Å²) >= 11 is 0. The summed E-state index contributed by atoms with van der Waals surface area (Å²) in [4.78, 5) is 18.5. The highest BCUT2D eigenvalue weighted by Crippen LogP contribution is 2.32. The molecular weight excluding hydrogens is 436 g/mol. The number of nitro benzene ring substituents is 2. The van der Waals surface area contributed by atoms with Crippen molar-refractivity contribution >= 4 is 31.0 Å². The Hall–Kier alpha value is -3.64. The van der Waals surface area contributed by atoms with E-state index in [0.717, 1.165) is 60.7 Å². The number of sulfone groups is 2. The molecule has 10 nitrogen and oxygen atoms in total. The number of benzene rings is 3. The van der Waals surface area contributed by atoms with Crippen LogP contribution in [0.25, 0.3) is 0 Å². The van der Waals surface area contributed by atoms with E-state index in [-0.39, 0.29) is 21.2 Å². The van der Waals surface area contributed by atoms with Gasteiger partial charge in [0.2, 0.25) is 19.7 Å². The third kappa shape index (κ3) is 3.77. The Balaban J connectivity index is 2.13. The molecule has 0 aliphatic rings. The van der Waals surface area contributed by atoms with Gasteiger partial charge in [0, 0.05) is 24.3 Å². The summed E-state index contributed by atoms with van der Waals surface area (Å²) in [6, 6.07) is 13.0. The lowest BCUT2D eigenvalue weighted by Crippen LogP contribution is -2.11. The normalized spacial score (nSPS) is 11.7. The molecule has 30 heavy (non-hydrogen) atoms. The van der Waals surface area contributed by atoms with Crippen LogP contribution in [0, 0.1) is 20.2 Å². The summed E-state index contributed by atoms with van der Waals surface area (Å²) in [5.41, 5.74) is -0.638. The third-order valence-corrected chi connectivity index (χ3v) is 7.93. The van der Waals surface area contributed by atoms with Gasteiger partial charge in [-0.25, -0.2) is 16.8 Å². The monoisotopic (exact) mass is 448 g/mol. The molecular formula is C18H12N2O8S2. The van der Waals surface area contributed by atoms with E-state index >= 15 is 0 Å². The fourth-order valence-electron chi connectivity index (χ4n) is 2.64. The highest BCUT2D eigenvalue weighted by molar-refractivity contribution is 7.94. The van der Waals surface area contributed by atoms with Gasteiger partial charge < -0.3 is 0 Å². The molecule has 12 heteroatoms. The van der Waals surface area contributed by atoms with Crippen LogP contribution in [0.3, 0.4) is 0 Å². The Labute approximate surface area is 170 Å². The molecule has 0 bridgehead atoms. The van der Waals surface area contributed by atoms with Crippen molar-refractivity contribution in [1.29, 1.82) is 0 Å². The smallest absolute Gasteiger partial charge is 0.258 e. The first-order valence-corrected chi connectivity index (χ1v) is 11.1. The van der Waals surface area contributed by atoms with Crippen LogP contribution in [-0.2, 0) is 19.7 Å². The van der Waals surface area contributed by atoms with Crippen LogP contribution in [-0.4, -0.2) is 26.7 Å². The van der Waals surface area contributed by atoms with Gasteiger partial charge in [0.25, 0.3) is 11.4 Å². The first kappa shape index (κ1) is 21.1. The Bertz CT molecular complexity index is 1240. The van der Waals surface area contributed by atoms with Crippen molar-refractivity contribution in [1.82, 2.24) is 0 Å². The van der Waals surface area contributed by atoms with E-state index in [1.165, 1.54) is 12.1 Å². The van der Waals surface area contributed by atoms with Crippen molar-refractivity contribution in [3.63, 3.8) is 0 Å². The molecule has 0 N–H and O–H groups in total. The van der Waals surface area contributed by atoms with Gasteiger partial charge in [0.15, 0.2) is 0 Å². The van der Waals surface area contributed by atoms with Gasteiger partial charge >= 0.3 is 0 Å². The number of nitrogens with zero attached hydrogens (tertiary/aromatic N) is 2. The van der Waals surface area contributed by atoms with Gasteiger partial charge in [0.05, 0.1) is 29.4 Å². The van der Waals surface area contributed by atoms with Crippen molar-refractivity contribution in [2.45, 2.75) is 19.6 Å². The lowest BCUT2D eigenvalue weighted by Gasteiger charge is -2.11. The minimum atomic E-state index is -4.33. The largest absolute Gasteiger partial charge is 0.269 e. The van der Waals surface area contributed by atoms with E-state index in [1.807, 2.05) is 0 Å². The van der Waals surface area contributed by atoms with Crippen molar-refractivity contribution in [2.24, 2.45) is 0 Å². The highest BCUT2D eigenvalue weighted by Gasteiger charge is 2.29. The molecule has 0 aliphatic carbocycles. The predicted octanol–water partition coefficient (Wildman–Crippen LogP) is 3.17. The van der Waals surface area contributed by atoms with Crippen LogP contribution in [0.4, 0.5) is 11.4 Å². The Morgan fingerprint density at radius 1 is 0.533 bits per heavy atom. The van der Waals surface area contributed by atoms with Crippen molar-refractivity contribution in [2.75, 3.05) is 0 Å². The Morgan fingerprint density at radius 2 is 0.833 bits per heavy atom. The van der Waals surface area contributed by atoms with Gasteiger partial charge in [-0.1, -0.05) is 12.1 Å². The number of nitro groups is 2. The van der Waals surface area contributed by atoms with E-state index < -0.39 is 39.3 Å². The Morgan fingerprint density at radius 3 is 1.10 bits per heavy atom. The Kier molecular flexibility index (Phi) is 5.37. The van der Waals surface area contributed by atoms with Crippen LogP contribution in [0.2, 0.25) is 0 Å². The molecule has 0 atom stereocenters. The zero-order valence-electron chi connectivity index (χ0n) is 14.9. The first-order valence-electron chi connectivity index (χ1n) is 8.13. The molecule has 0 unspecified atom stereocenters. The van der Waals surface area contributed by atoms with E-state index in [1.54, 1.807) is 0 Å². The number of rotatable bonds is 6. The minimum absolute atomic E-state index is 0.319. The van der Waals surface area contributed by atoms with E-state index in [0.29, 0.717) is 0 Å². The van der Waals surface area contributed by atoms with Crippen LogP contribution < -0.4 is 0 Å². The second-order valence-corrected chi connectivity index (χ2v) is 9.79. The average Bonchev–Trinajstić information content (AvgIpc) is 2.73. The second kappa shape index (κ2) is 7.65. The summed E-state index contributed by atoms with van der Waals surface area (Å²) in [5, 5.41) is 21.6. The van der Waals surface area contributed by atoms with Crippen LogP contribution in [0.1, 0.15) is 0 Å². The lowest BCUT2D eigenvalue weighted by molar-refractivity contribution is -0.385. The average molecular weight is 448 g/mol. The van der Waals surface area contributed by atoms with Crippen molar-refractivity contribution < 1.29 is 26.7 Å². The van der Waals surface area contributed by atoms with Gasteiger partial charge in [-0.15, -0.1) is 0 Å². The van der Waals surface area contributed by atoms with Gasteiger partial charge in [0.1, 0.15) is 0 Å². The molecule has 0 fully saturated rings. The summed E-state index contributed by atoms with van der Waals surface area (Å²) in [7, 11) is -8.67. The summed E-state index contributed by atoms with van der Waals surface area (Å²) < 4.78 is 52.1. The quantitative estimate of drug-likeness (QED) is 0.411. The van der Waals surface area contributed by atoms with Crippen LogP contribution in [0.5, 0.6) is 0 Å². The standard InChI is InChI=1S/C18H12N2O8S2/c21-19(22)13-5-9-15(10-6-13)29(25,26)17-3-1-2-4-18(17)30(27,28)16-11-7-14(8-12-16)20(23)24/h1-12H. The highest BCUT2D eigenvalue weighted by atomic mass is 32.2. The molecule has 0 radical (unpaired) electrons. The van der Waals surface area contributed by atoms with Gasteiger partial charge in [-0.3, -0.25) is 20.2 Å². The molecule has 0 aromatic heterocycles. The summed E-state index contributed by atoms with van der Waals surface area (Å²) in [6.45, 7) is 0. The van der Waals surface area contributed by atoms with E-state index in [4.69, 9.17) is 0 Å². The maximum Gasteiger partial charge on any atom is 0.269 e. The molecule has 0 saturated heterocycles. The van der Waals surface area contributed by atoms with E-state index in [9.17, 15) is 37.1 Å². The summed E-state index contributed by atoms with van der Waals surface area (Å²) in [5.74, 6) is 0. The van der Waals surface area contributed by atoms with Gasteiger partial charge in [-0.05, 0) is 36.4 Å². The van der Waals surface area contributed by atoms with Crippen molar-refractivity contribution in [3.8, 4) is 0 Å². The summed E-state index contributed by atoms with van der Waals surface area (Å²) in [6.07, 6.45) is 0. The molecule has 3 aromatic rings. The molecule has 0 aliphatic heterocycles. The molecule has 3 rings (SSSR count). The minimum Gasteiger partial charge on any atom is -0.258 e. The number of hydrogen-bond donors (Lipinski definition) is 0. The topological polar surface area (TPSA) is 155 Å². The fraction of sp³-hybridized carbons (Fsp3) is 0. The molecule has 3 aromatic carbocycles. The number of non-ortho nitro benzene ring substituents is 2. The number of hydrogen-bond acceptors (Lipinski definition) is 8. The van der Waals surface area contributed by atoms with Crippen LogP contribution >= 0.6 is 0 Å². The molecule has 0 spiro atoms. The zero-order chi connectivity index (χ0) is 22.1. The maximum absolute atomic E-state index is 13.0. The maximum atomic E-state index is 13.0.